The molecule has 1 atom stereocenters. The van der Waals surface area contributed by atoms with Crippen molar-refractivity contribution in [3.63, 3.8) is 0 Å². The van der Waals surface area contributed by atoms with Gasteiger partial charge in [0.2, 0.25) is 5.91 Å². The Labute approximate surface area is 171 Å². The van der Waals surface area contributed by atoms with Crippen LogP contribution >= 0.6 is 15.9 Å². The number of fused-ring (bicyclic) bond motifs is 1. The number of benzene rings is 2. The van der Waals surface area contributed by atoms with Gasteiger partial charge in [-0.15, -0.1) is 0 Å². The number of Topliss-reactive ketones (excluding diaryl/α,β-unsaturated/α-hetero) is 1. The summed E-state index contributed by atoms with van der Waals surface area (Å²) >= 11 is 3.39. The number of nitrogens with one attached hydrogen (secondary N) is 1. The summed E-state index contributed by atoms with van der Waals surface area (Å²) in [6.45, 7) is 3.99. The predicted octanol–water partition coefficient (Wildman–Crippen LogP) is 4.81. The third-order valence-corrected chi connectivity index (χ3v) is 5.67. The molecule has 142 valence electrons. The van der Waals surface area contributed by atoms with Crippen LogP contribution < -0.4 is 5.32 Å². The summed E-state index contributed by atoms with van der Waals surface area (Å²) in [6.07, 6.45) is 1.08. The number of ketones is 1. The fourth-order valence-electron chi connectivity index (χ4n) is 3.65. The maximum absolute atomic E-state index is 13.2. The molecule has 2 aromatic carbocycles. The lowest BCUT2D eigenvalue weighted by molar-refractivity contribution is -0.116. The Balaban J connectivity index is 1.78. The molecule has 0 saturated carbocycles. The van der Waals surface area contributed by atoms with E-state index in [1.54, 1.807) is 16.8 Å². The van der Waals surface area contributed by atoms with Gasteiger partial charge in [-0.1, -0.05) is 47.1 Å². The number of carbonyl (C=O) groups excluding carboxylic acids is 2. The van der Waals surface area contributed by atoms with Crippen molar-refractivity contribution in [1.29, 1.82) is 0 Å². The van der Waals surface area contributed by atoms with Crippen molar-refractivity contribution in [1.82, 2.24) is 9.78 Å². The van der Waals surface area contributed by atoms with Crippen LogP contribution in [0.2, 0.25) is 0 Å². The van der Waals surface area contributed by atoms with Gasteiger partial charge in [0.25, 0.3) is 0 Å². The first-order chi connectivity index (χ1) is 13.5. The van der Waals surface area contributed by atoms with Gasteiger partial charge in [-0.05, 0) is 43.2 Å². The highest BCUT2D eigenvalue weighted by Gasteiger charge is 2.36. The standard InChI is InChI=1S/C22H20BrN3O2/c1-3-14-4-10-17(11-5-14)26-22-20(13(2)25-26)18(12-19(27)24-22)21(28)15-6-8-16(23)9-7-15/h4-11,18H,3,12H2,1-2H3,(H,24,27)/t18-/m0/s1. The van der Waals surface area contributed by atoms with Crippen molar-refractivity contribution in [3.05, 3.63) is 75.4 Å². The monoisotopic (exact) mass is 437 g/mol. The van der Waals surface area contributed by atoms with Gasteiger partial charge < -0.3 is 5.32 Å². The van der Waals surface area contributed by atoms with E-state index >= 15 is 0 Å². The highest BCUT2D eigenvalue weighted by Crippen LogP contribution is 2.38. The smallest absolute Gasteiger partial charge is 0.226 e. The molecule has 0 radical (unpaired) electrons. The molecule has 3 aromatic rings. The van der Waals surface area contributed by atoms with Gasteiger partial charge in [0.15, 0.2) is 5.78 Å². The maximum atomic E-state index is 13.2. The lowest BCUT2D eigenvalue weighted by Gasteiger charge is -2.23. The fraction of sp³-hybridized carbons (Fsp3) is 0.227. The number of hydrogen-bond donors (Lipinski definition) is 1. The first-order valence-corrected chi connectivity index (χ1v) is 10.1. The molecule has 1 aromatic heterocycles. The third kappa shape index (κ3) is 3.29. The molecule has 0 spiro atoms. The quantitative estimate of drug-likeness (QED) is 0.595. The number of anilines is 1. The highest BCUT2D eigenvalue weighted by atomic mass is 79.9. The van der Waals surface area contributed by atoms with Crippen molar-refractivity contribution in [2.45, 2.75) is 32.6 Å². The minimum absolute atomic E-state index is 0.0624. The van der Waals surface area contributed by atoms with E-state index in [1.165, 1.54) is 5.56 Å². The average molecular weight is 438 g/mol. The zero-order chi connectivity index (χ0) is 19.8. The molecule has 0 bridgehead atoms. The Hall–Kier alpha value is -2.73. The van der Waals surface area contributed by atoms with Gasteiger partial charge >= 0.3 is 0 Å². The largest absolute Gasteiger partial charge is 0.310 e. The van der Waals surface area contributed by atoms with Crippen LogP contribution in [0.1, 0.15) is 46.4 Å². The van der Waals surface area contributed by atoms with Gasteiger partial charge in [0, 0.05) is 22.0 Å². The second-order valence-electron chi connectivity index (χ2n) is 6.96. The SMILES string of the molecule is CCc1ccc(-n2nc(C)c3c2NC(=O)C[C@@H]3C(=O)c2ccc(Br)cc2)cc1. The summed E-state index contributed by atoms with van der Waals surface area (Å²) in [4.78, 5) is 25.6. The Bertz CT molecular complexity index is 1050. The second-order valence-corrected chi connectivity index (χ2v) is 7.87. The van der Waals surface area contributed by atoms with Crippen molar-refractivity contribution in [2.24, 2.45) is 0 Å². The van der Waals surface area contributed by atoms with Crippen LogP contribution in [-0.2, 0) is 11.2 Å². The number of amides is 1. The lowest BCUT2D eigenvalue weighted by atomic mass is 9.85. The average Bonchev–Trinajstić information content (AvgIpc) is 3.03. The summed E-state index contributed by atoms with van der Waals surface area (Å²) in [5.41, 5.74) is 4.23. The molecule has 6 heteroatoms. The van der Waals surface area contributed by atoms with E-state index in [1.807, 2.05) is 43.3 Å². The van der Waals surface area contributed by atoms with Gasteiger partial charge in [-0.2, -0.15) is 5.10 Å². The van der Waals surface area contributed by atoms with Gasteiger partial charge in [0.05, 0.1) is 17.3 Å². The van der Waals surface area contributed by atoms with E-state index in [-0.39, 0.29) is 18.1 Å². The molecule has 1 amide bonds. The lowest BCUT2D eigenvalue weighted by Crippen LogP contribution is -2.28. The summed E-state index contributed by atoms with van der Waals surface area (Å²) in [6, 6.07) is 15.3. The summed E-state index contributed by atoms with van der Waals surface area (Å²) < 4.78 is 2.63. The van der Waals surface area contributed by atoms with E-state index in [2.05, 4.69) is 33.3 Å². The van der Waals surface area contributed by atoms with Crippen LogP contribution in [0, 0.1) is 6.92 Å². The minimum atomic E-state index is -0.534. The van der Waals surface area contributed by atoms with Crippen molar-refractivity contribution >= 4 is 33.4 Å². The van der Waals surface area contributed by atoms with Gasteiger partial charge in [-0.25, -0.2) is 4.68 Å². The van der Waals surface area contributed by atoms with Crippen LogP contribution in [0.4, 0.5) is 5.82 Å². The van der Waals surface area contributed by atoms with E-state index in [9.17, 15) is 9.59 Å². The molecule has 5 nitrogen and oxygen atoms in total. The van der Waals surface area contributed by atoms with Crippen LogP contribution in [0.5, 0.6) is 0 Å². The number of aryl methyl sites for hydroxylation is 2. The zero-order valence-electron chi connectivity index (χ0n) is 15.7. The number of carbonyl (C=O) groups is 2. The number of rotatable bonds is 4. The van der Waals surface area contributed by atoms with E-state index in [0.717, 1.165) is 27.8 Å². The second kappa shape index (κ2) is 7.36. The summed E-state index contributed by atoms with van der Waals surface area (Å²) in [5, 5.41) is 7.56. The zero-order valence-corrected chi connectivity index (χ0v) is 17.3. The summed E-state index contributed by atoms with van der Waals surface area (Å²) in [7, 11) is 0. The topological polar surface area (TPSA) is 64.0 Å². The van der Waals surface area contributed by atoms with Crippen LogP contribution in [0.3, 0.4) is 0 Å². The molecule has 0 aliphatic carbocycles. The molecule has 1 aliphatic rings. The molecule has 1 aliphatic heterocycles. The van der Waals surface area contributed by atoms with E-state index in [0.29, 0.717) is 11.4 Å². The number of aromatic nitrogens is 2. The summed E-state index contributed by atoms with van der Waals surface area (Å²) in [5.74, 6) is -0.177. The Morgan fingerprint density at radius 1 is 1.18 bits per heavy atom. The Morgan fingerprint density at radius 3 is 2.50 bits per heavy atom. The van der Waals surface area contributed by atoms with Crippen LogP contribution in [0.25, 0.3) is 5.69 Å². The first-order valence-electron chi connectivity index (χ1n) is 9.26. The van der Waals surface area contributed by atoms with Crippen molar-refractivity contribution in [3.8, 4) is 5.69 Å². The van der Waals surface area contributed by atoms with Crippen molar-refractivity contribution in [2.75, 3.05) is 5.32 Å². The first kappa shape index (κ1) is 18.6. The minimum Gasteiger partial charge on any atom is -0.310 e. The van der Waals surface area contributed by atoms with Crippen molar-refractivity contribution < 1.29 is 9.59 Å². The van der Waals surface area contributed by atoms with Crippen LogP contribution in [0.15, 0.2) is 53.0 Å². The van der Waals surface area contributed by atoms with E-state index in [4.69, 9.17) is 0 Å². The third-order valence-electron chi connectivity index (χ3n) is 5.14. The molecular formula is C22H20BrN3O2. The molecule has 2 heterocycles. The Morgan fingerprint density at radius 2 is 1.86 bits per heavy atom. The number of nitrogens with zero attached hydrogens (tertiary/aromatic N) is 2. The van der Waals surface area contributed by atoms with Gasteiger partial charge in [0.1, 0.15) is 5.82 Å². The normalized spacial score (nSPS) is 15.8. The van der Waals surface area contributed by atoms with Crippen LogP contribution in [-0.4, -0.2) is 21.5 Å². The fourth-order valence-corrected chi connectivity index (χ4v) is 3.91. The Kier molecular flexibility index (Phi) is 4.89. The van der Waals surface area contributed by atoms with E-state index < -0.39 is 5.92 Å². The molecule has 0 saturated heterocycles. The molecule has 1 N–H and O–H groups in total. The molecule has 0 unspecified atom stereocenters. The molecule has 28 heavy (non-hydrogen) atoms. The number of halogens is 1. The number of hydrogen-bond acceptors (Lipinski definition) is 3. The predicted molar refractivity (Wildman–Crippen MR) is 112 cm³/mol. The maximum Gasteiger partial charge on any atom is 0.226 e. The molecular weight excluding hydrogens is 418 g/mol. The molecule has 0 fully saturated rings. The highest BCUT2D eigenvalue weighted by molar-refractivity contribution is 9.10. The molecule has 4 rings (SSSR count). The van der Waals surface area contributed by atoms with Gasteiger partial charge in [-0.3, -0.25) is 9.59 Å².